The highest BCUT2D eigenvalue weighted by molar-refractivity contribution is 7.13. The molecule has 2 aromatic rings. The van der Waals surface area contributed by atoms with Crippen LogP contribution in [0.2, 0.25) is 0 Å². The second-order valence-corrected chi connectivity index (χ2v) is 8.53. The molecule has 128 valence electrons. The highest BCUT2D eigenvalue weighted by atomic mass is 32.1. The number of likely N-dealkylation sites (tertiary alicyclic amines) is 1. The molecular formula is C18H24N4OS. The molecule has 5 nitrogen and oxygen atoms in total. The summed E-state index contributed by atoms with van der Waals surface area (Å²) in [5, 5.41) is 8.59. The van der Waals surface area contributed by atoms with Gasteiger partial charge in [0.15, 0.2) is 0 Å². The molecule has 0 N–H and O–H groups in total. The zero-order chi connectivity index (χ0) is 16.7. The first-order valence-electron chi connectivity index (χ1n) is 8.86. The van der Waals surface area contributed by atoms with Crippen LogP contribution in [0.3, 0.4) is 0 Å². The lowest BCUT2D eigenvalue weighted by molar-refractivity contribution is 0.0727. The monoisotopic (exact) mass is 344 g/mol. The smallest absolute Gasteiger partial charge is 0.263 e. The van der Waals surface area contributed by atoms with E-state index < -0.39 is 0 Å². The Hall–Kier alpha value is -1.69. The molecule has 1 saturated heterocycles. The molecule has 2 aromatic heterocycles. The van der Waals surface area contributed by atoms with Crippen LogP contribution in [0.4, 0.5) is 0 Å². The fourth-order valence-corrected chi connectivity index (χ4v) is 5.10. The molecule has 2 aliphatic rings. The normalized spacial score (nSPS) is 22.1. The number of thiophene rings is 1. The van der Waals surface area contributed by atoms with Crippen molar-refractivity contribution in [2.75, 3.05) is 13.1 Å². The van der Waals surface area contributed by atoms with Gasteiger partial charge in [-0.3, -0.25) is 4.79 Å². The first-order chi connectivity index (χ1) is 11.6. The van der Waals surface area contributed by atoms with Gasteiger partial charge in [-0.1, -0.05) is 13.3 Å². The van der Waals surface area contributed by atoms with Crippen molar-refractivity contribution in [3.63, 3.8) is 0 Å². The van der Waals surface area contributed by atoms with Crippen molar-refractivity contribution in [3.05, 3.63) is 34.0 Å². The highest BCUT2D eigenvalue weighted by Gasteiger charge is 2.53. The lowest BCUT2D eigenvalue weighted by Gasteiger charge is -2.42. The maximum atomic E-state index is 12.9. The quantitative estimate of drug-likeness (QED) is 0.853. The molecule has 0 aromatic carbocycles. The van der Waals surface area contributed by atoms with Gasteiger partial charge in [-0.15, -0.1) is 21.5 Å². The number of rotatable bonds is 4. The Morgan fingerprint density at radius 3 is 2.88 bits per heavy atom. The summed E-state index contributed by atoms with van der Waals surface area (Å²) in [6, 6.07) is 3.99. The number of carbonyl (C=O) groups is 1. The Labute approximate surface area is 146 Å². The summed E-state index contributed by atoms with van der Waals surface area (Å²) in [4.78, 5) is 17.0. The number of nitrogens with zero attached hydrogens (tertiary/aromatic N) is 4. The van der Waals surface area contributed by atoms with Crippen LogP contribution in [0.5, 0.6) is 0 Å². The Balaban J connectivity index is 1.61. The summed E-state index contributed by atoms with van der Waals surface area (Å²) in [7, 11) is 0. The zero-order valence-electron chi connectivity index (χ0n) is 14.4. The largest absolute Gasteiger partial charge is 0.337 e. The molecule has 1 atom stereocenters. The molecule has 6 heteroatoms. The Morgan fingerprint density at radius 1 is 1.42 bits per heavy atom. The standard InChI is InChI=1S/C18H24N4OS/c1-3-9-21-12-19-20-16(21)14-10-22(11-18(14)7-4-8-18)17(23)15-6-5-13(2)24-15/h5-6,12,14H,3-4,7-11H2,1-2H3. The van der Waals surface area contributed by atoms with Gasteiger partial charge in [0.05, 0.1) is 4.88 Å². The summed E-state index contributed by atoms with van der Waals surface area (Å²) in [5.74, 6) is 1.59. The molecule has 1 spiro atoms. The van der Waals surface area contributed by atoms with Crippen LogP contribution < -0.4 is 0 Å². The maximum Gasteiger partial charge on any atom is 0.263 e. The molecule has 1 saturated carbocycles. The van der Waals surface area contributed by atoms with E-state index >= 15 is 0 Å². The first kappa shape index (κ1) is 15.8. The van der Waals surface area contributed by atoms with E-state index in [0.717, 1.165) is 36.8 Å². The van der Waals surface area contributed by atoms with E-state index in [4.69, 9.17) is 0 Å². The summed E-state index contributed by atoms with van der Waals surface area (Å²) in [6.07, 6.45) is 6.58. The predicted octanol–water partition coefficient (Wildman–Crippen LogP) is 3.47. The van der Waals surface area contributed by atoms with Gasteiger partial charge >= 0.3 is 0 Å². The molecule has 2 fully saturated rings. The summed E-state index contributed by atoms with van der Waals surface area (Å²) in [5.41, 5.74) is 0.223. The summed E-state index contributed by atoms with van der Waals surface area (Å²) < 4.78 is 2.19. The number of hydrogen-bond donors (Lipinski definition) is 0. The van der Waals surface area contributed by atoms with E-state index in [-0.39, 0.29) is 11.3 Å². The van der Waals surface area contributed by atoms with Crippen LogP contribution in [-0.4, -0.2) is 38.7 Å². The van der Waals surface area contributed by atoms with Crippen LogP contribution in [0.15, 0.2) is 18.5 Å². The van der Waals surface area contributed by atoms with Crippen molar-refractivity contribution in [3.8, 4) is 0 Å². The lowest BCUT2D eigenvalue weighted by Crippen LogP contribution is -2.38. The lowest BCUT2D eigenvalue weighted by atomic mass is 9.62. The van der Waals surface area contributed by atoms with Crippen molar-refractivity contribution in [2.45, 2.75) is 52.0 Å². The third-order valence-corrected chi connectivity index (χ3v) is 6.65. The first-order valence-corrected chi connectivity index (χ1v) is 9.68. The van der Waals surface area contributed by atoms with Crippen molar-refractivity contribution < 1.29 is 4.79 Å². The fraction of sp³-hybridized carbons (Fsp3) is 0.611. The minimum Gasteiger partial charge on any atom is -0.337 e. The highest BCUT2D eigenvalue weighted by Crippen LogP contribution is 2.55. The molecule has 3 heterocycles. The molecule has 1 unspecified atom stereocenters. The molecule has 0 radical (unpaired) electrons. The van der Waals surface area contributed by atoms with E-state index in [1.54, 1.807) is 11.3 Å². The van der Waals surface area contributed by atoms with Gasteiger partial charge in [-0.25, -0.2) is 0 Å². The Bertz CT molecular complexity index is 746. The molecule has 24 heavy (non-hydrogen) atoms. The summed E-state index contributed by atoms with van der Waals surface area (Å²) >= 11 is 1.59. The van der Waals surface area contributed by atoms with Gasteiger partial charge in [0.1, 0.15) is 12.2 Å². The zero-order valence-corrected chi connectivity index (χ0v) is 15.2. The van der Waals surface area contributed by atoms with Gasteiger partial charge < -0.3 is 9.47 Å². The van der Waals surface area contributed by atoms with E-state index in [2.05, 4.69) is 33.5 Å². The second-order valence-electron chi connectivity index (χ2n) is 7.25. The van der Waals surface area contributed by atoms with Crippen LogP contribution in [0.25, 0.3) is 0 Å². The number of amides is 1. The third-order valence-electron chi connectivity index (χ3n) is 5.66. The number of hydrogen-bond acceptors (Lipinski definition) is 4. The fourth-order valence-electron chi connectivity index (χ4n) is 4.27. The minimum atomic E-state index is 0.184. The topological polar surface area (TPSA) is 51.0 Å². The molecular weight excluding hydrogens is 320 g/mol. The van der Waals surface area contributed by atoms with E-state index in [9.17, 15) is 4.79 Å². The van der Waals surface area contributed by atoms with Crippen LogP contribution >= 0.6 is 11.3 Å². The SMILES string of the molecule is CCCn1cnnc1C1CN(C(=O)c2ccc(C)s2)CC12CCC2. The van der Waals surface area contributed by atoms with E-state index in [0.29, 0.717) is 5.92 Å². The van der Waals surface area contributed by atoms with Crippen molar-refractivity contribution in [1.82, 2.24) is 19.7 Å². The van der Waals surface area contributed by atoms with E-state index in [1.165, 1.54) is 24.1 Å². The average Bonchev–Trinajstić information content (AvgIpc) is 3.23. The number of aromatic nitrogens is 3. The third kappa shape index (κ3) is 2.48. The molecule has 1 amide bonds. The molecule has 4 rings (SSSR count). The summed E-state index contributed by atoms with van der Waals surface area (Å²) in [6.45, 7) is 6.82. The van der Waals surface area contributed by atoms with Crippen LogP contribution in [0, 0.1) is 12.3 Å². The number of carbonyl (C=O) groups excluding carboxylic acids is 1. The minimum absolute atomic E-state index is 0.184. The van der Waals surface area contributed by atoms with Crippen molar-refractivity contribution in [1.29, 1.82) is 0 Å². The Kier molecular flexibility index (Phi) is 3.95. The van der Waals surface area contributed by atoms with Crippen molar-refractivity contribution >= 4 is 17.2 Å². The average molecular weight is 344 g/mol. The van der Waals surface area contributed by atoms with Gasteiger partial charge in [-0.2, -0.15) is 0 Å². The predicted molar refractivity (Wildman–Crippen MR) is 94.3 cm³/mol. The van der Waals surface area contributed by atoms with E-state index in [1.807, 2.05) is 18.5 Å². The molecule has 1 aliphatic carbocycles. The Morgan fingerprint density at radius 2 is 2.25 bits per heavy atom. The maximum absolute atomic E-state index is 12.9. The van der Waals surface area contributed by atoms with Crippen molar-refractivity contribution in [2.24, 2.45) is 5.41 Å². The van der Waals surface area contributed by atoms with Gasteiger partial charge in [0, 0.05) is 30.4 Å². The van der Waals surface area contributed by atoms with Gasteiger partial charge in [0.2, 0.25) is 0 Å². The van der Waals surface area contributed by atoms with Crippen LogP contribution in [0.1, 0.15) is 58.9 Å². The molecule has 1 aliphatic heterocycles. The van der Waals surface area contributed by atoms with Crippen LogP contribution in [-0.2, 0) is 6.54 Å². The van der Waals surface area contributed by atoms with Gasteiger partial charge in [-0.05, 0) is 43.7 Å². The van der Waals surface area contributed by atoms with Gasteiger partial charge in [0.25, 0.3) is 5.91 Å². The molecule has 0 bridgehead atoms. The second kappa shape index (κ2) is 5.99. The number of aryl methyl sites for hydroxylation is 2.